The van der Waals surface area contributed by atoms with Crippen molar-refractivity contribution in [3.8, 4) is 57.1 Å². The Morgan fingerprint density at radius 2 is 0.833 bits per heavy atom. The van der Waals surface area contributed by atoms with Gasteiger partial charge in [0.05, 0.1) is 48.5 Å². The van der Waals surface area contributed by atoms with Gasteiger partial charge in [-0.2, -0.15) is 0 Å². The molecule has 5 aromatic heterocycles. The van der Waals surface area contributed by atoms with Crippen LogP contribution >= 0.6 is 0 Å². The third-order valence-corrected chi connectivity index (χ3v) is 10.8. The zero-order valence-electron chi connectivity index (χ0n) is 34.7. The highest BCUT2D eigenvalue weighted by Gasteiger charge is 2.16. The molecule has 0 fully saturated rings. The molecule has 11 aromatic rings. The van der Waals surface area contributed by atoms with Gasteiger partial charge in [-0.15, -0.1) is 0 Å². The lowest BCUT2D eigenvalue weighted by molar-refractivity contribution is 0.483. The first kappa shape index (κ1) is 32.9. The van der Waals surface area contributed by atoms with Gasteiger partial charge in [-0.05, 0) is 110 Å². The predicted octanol–water partition coefficient (Wildman–Crippen LogP) is 13.0. The number of para-hydroxylation sites is 2. The Bertz CT molecular complexity index is 3330. The van der Waals surface area contributed by atoms with Crippen molar-refractivity contribution in [1.82, 2.24) is 29.1 Å². The van der Waals surface area contributed by atoms with Crippen molar-refractivity contribution >= 4 is 43.6 Å². The van der Waals surface area contributed by atoms with Crippen LogP contribution in [0.5, 0.6) is 23.0 Å². The number of hydrogen-bond donors (Lipinski definition) is 0. The lowest BCUT2D eigenvalue weighted by Crippen LogP contribution is -1.97. The number of ether oxygens (including phenoxy) is 2. The Labute approximate surface area is 348 Å². The van der Waals surface area contributed by atoms with Crippen molar-refractivity contribution in [2.75, 3.05) is 0 Å². The zero-order valence-corrected chi connectivity index (χ0v) is 32.7. The van der Waals surface area contributed by atoms with E-state index in [9.17, 15) is 0 Å². The van der Waals surface area contributed by atoms with E-state index in [1.54, 1.807) is 0 Å². The van der Waals surface area contributed by atoms with E-state index in [0.29, 0.717) is 34.1 Å². The summed E-state index contributed by atoms with van der Waals surface area (Å²) in [5.41, 5.74) is 8.10. The number of rotatable bonds is 8. The van der Waals surface area contributed by atoms with Gasteiger partial charge in [0.1, 0.15) is 34.6 Å². The van der Waals surface area contributed by atoms with Crippen LogP contribution in [0.4, 0.5) is 0 Å². The normalized spacial score (nSPS) is 12.0. The van der Waals surface area contributed by atoms with Gasteiger partial charge in [0.15, 0.2) is 0 Å². The molecule has 8 nitrogen and oxygen atoms in total. The molecule has 0 aliphatic heterocycles. The quantitative estimate of drug-likeness (QED) is 0.153. The van der Waals surface area contributed by atoms with Crippen LogP contribution in [0, 0.1) is 13.8 Å². The molecule has 5 heterocycles. The molecule has 0 atom stereocenters. The van der Waals surface area contributed by atoms with Crippen molar-refractivity contribution in [2.24, 2.45) is 0 Å². The number of fused-ring (bicyclic) bond motifs is 6. The topological polar surface area (TPSA) is 79.9 Å². The van der Waals surface area contributed by atoms with Crippen molar-refractivity contribution < 1.29 is 12.2 Å². The van der Waals surface area contributed by atoms with Crippen LogP contribution in [0.15, 0.2) is 182 Å². The largest absolute Gasteiger partial charge is 0.457 e. The number of nitrogens with zero attached hydrogens (tertiary/aromatic N) is 6. The van der Waals surface area contributed by atoms with Crippen LogP contribution in [0.2, 0.25) is 0 Å². The molecule has 0 radical (unpaired) electrons. The second-order valence-corrected chi connectivity index (χ2v) is 14.9. The van der Waals surface area contributed by atoms with E-state index in [-0.39, 0.29) is 23.7 Å². The van der Waals surface area contributed by atoms with Crippen molar-refractivity contribution in [3.05, 3.63) is 194 Å². The lowest BCUT2D eigenvalue weighted by Gasteiger charge is -2.11. The summed E-state index contributed by atoms with van der Waals surface area (Å²) in [4.78, 5) is 18.6. The minimum Gasteiger partial charge on any atom is -0.457 e. The maximum atomic E-state index is 8.97. The van der Waals surface area contributed by atoms with Gasteiger partial charge < -0.3 is 9.47 Å². The summed E-state index contributed by atoms with van der Waals surface area (Å²) in [6.07, 6.45) is 3.54. The average Bonchev–Trinajstić information content (AvgIpc) is 3.79. The zero-order chi connectivity index (χ0) is 41.9. The highest BCUT2D eigenvalue weighted by atomic mass is 16.5. The third-order valence-electron chi connectivity index (χ3n) is 10.8. The van der Waals surface area contributed by atoms with Crippen LogP contribution in [-0.4, -0.2) is 29.1 Å². The molecule has 0 bridgehead atoms. The van der Waals surface area contributed by atoms with Gasteiger partial charge in [-0.3, -0.25) is 19.1 Å². The van der Waals surface area contributed by atoms with Crippen LogP contribution in [0.1, 0.15) is 13.9 Å². The van der Waals surface area contributed by atoms with Crippen LogP contribution in [-0.2, 0) is 0 Å². The minimum absolute atomic E-state index is 0.0564. The molecular formula is C52H36N6O2. The van der Waals surface area contributed by atoms with E-state index in [0.717, 1.165) is 66.4 Å². The standard InChI is InChI=1S/C52H36N6O2/c1-33-21-23-53-51(25-33)57-47-15-5-3-13-41(47)43-19-17-39(29-49(43)57)59-37-11-7-9-35(27-37)45-31-56-46(32-55-45)36-10-8-12-38(28-36)60-40-18-20-44-42-14-4-6-16-48(42)58(50(44)30-40)52-26-34(2)22-24-54-52/h3-32H,1-2H3/i31D,32D. The molecule has 0 unspecified atom stereocenters. The second-order valence-electron chi connectivity index (χ2n) is 14.9. The Kier molecular flexibility index (Phi) is 7.89. The minimum atomic E-state index is -0.0564. The SMILES string of the molecule is [2H]c1nc(-c2cccc(Oc3ccc4c5ccccc5n(-c5cc(C)ccn5)c4c3)c2)c([2H])nc1-c1cccc(Oc2ccc3c4ccccc4n(-c4cc(C)ccn4)c3c2)c1. The Balaban J connectivity index is 0.881. The molecule has 0 amide bonds. The first-order valence-corrected chi connectivity index (χ1v) is 19.7. The summed E-state index contributed by atoms with van der Waals surface area (Å²) in [5, 5.41) is 4.45. The molecule has 0 saturated heterocycles. The van der Waals surface area contributed by atoms with Crippen LogP contribution in [0.3, 0.4) is 0 Å². The molecule has 0 aliphatic carbocycles. The molecule has 6 aromatic carbocycles. The molecule has 11 rings (SSSR count). The fourth-order valence-corrected chi connectivity index (χ4v) is 8.02. The summed E-state index contributed by atoms with van der Waals surface area (Å²) >= 11 is 0. The van der Waals surface area contributed by atoms with Gasteiger partial charge in [0.25, 0.3) is 0 Å². The summed E-state index contributed by atoms with van der Waals surface area (Å²) in [6.45, 7) is 4.12. The van der Waals surface area contributed by atoms with E-state index in [4.69, 9.17) is 22.2 Å². The van der Waals surface area contributed by atoms with Gasteiger partial charge in [-0.25, -0.2) is 9.97 Å². The Morgan fingerprint density at radius 3 is 1.30 bits per heavy atom. The van der Waals surface area contributed by atoms with Crippen molar-refractivity contribution in [3.63, 3.8) is 0 Å². The van der Waals surface area contributed by atoms with E-state index in [1.165, 1.54) is 0 Å². The van der Waals surface area contributed by atoms with Crippen LogP contribution in [0.25, 0.3) is 77.8 Å². The van der Waals surface area contributed by atoms with Gasteiger partial charge in [0.2, 0.25) is 0 Å². The molecule has 0 spiro atoms. The first-order valence-electron chi connectivity index (χ1n) is 20.7. The summed E-state index contributed by atoms with van der Waals surface area (Å²) in [5.74, 6) is 4.09. The summed E-state index contributed by atoms with van der Waals surface area (Å²) in [7, 11) is 0. The smallest absolute Gasteiger partial charge is 0.137 e. The monoisotopic (exact) mass is 778 g/mol. The fraction of sp³-hybridized carbons (Fsp3) is 0.0385. The molecule has 286 valence electrons. The average molecular weight is 779 g/mol. The van der Waals surface area contributed by atoms with Crippen LogP contribution < -0.4 is 9.47 Å². The van der Waals surface area contributed by atoms with E-state index in [1.807, 2.05) is 122 Å². The maximum absolute atomic E-state index is 8.97. The number of benzene rings is 6. The molecule has 0 N–H and O–H groups in total. The molecule has 60 heavy (non-hydrogen) atoms. The predicted molar refractivity (Wildman–Crippen MR) is 240 cm³/mol. The number of hydrogen-bond acceptors (Lipinski definition) is 6. The molecule has 8 heteroatoms. The number of aryl methyl sites for hydroxylation is 2. The number of aromatic nitrogens is 6. The third kappa shape index (κ3) is 6.27. The highest BCUT2D eigenvalue weighted by molar-refractivity contribution is 6.10. The Hall–Kier alpha value is -8.10. The first-order chi connectivity index (χ1) is 30.3. The van der Waals surface area contributed by atoms with Gasteiger partial charge in [0, 0.05) is 57.2 Å². The molecular weight excluding hydrogens is 741 g/mol. The van der Waals surface area contributed by atoms with Crippen molar-refractivity contribution in [2.45, 2.75) is 13.8 Å². The van der Waals surface area contributed by atoms with Crippen molar-refractivity contribution in [1.29, 1.82) is 0 Å². The number of pyridine rings is 2. The fourth-order valence-electron chi connectivity index (χ4n) is 8.02. The second kappa shape index (κ2) is 14.4. The summed E-state index contributed by atoms with van der Waals surface area (Å²) < 4.78 is 35.1. The highest BCUT2D eigenvalue weighted by Crippen LogP contribution is 2.37. The van der Waals surface area contributed by atoms with Gasteiger partial charge >= 0.3 is 0 Å². The Morgan fingerprint density at radius 1 is 0.400 bits per heavy atom. The summed E-state index contributed by atoms with van der Waals surface area (Å²) in [6, 6.07) is 51.6. The molecule has 0 aliphatic rings. The van der Waals surface area contributed by atoms with E-state index < -0.39 is 0 Å². The molecule has 0 saturated carbocycles. The van der Waals surface area contributed by atoms with Gasteiger partial charge in [-0.1, -0.05) is 60.7 Å². The lowest BCUT2D eigenvalue weighted by atomic mass is 10.1. The van der Waals surface area contributed by atoms with E-state index >= 15 is 0 Å². The van der Waals surface area contributed by atoms with E-state index in [2.05, 4.69) is 81.5 Å². The maximum Gasteiger partial charge on any atom is 0.137 e.